The van der Waals surface area contributed by atoms with Crippen LogP contribution in [0.1, 0.15) is 34.7 Å². The average Bonchev–Trinajstić information content (AvgIpc) is 3.18. The van der Waals surface area contributed by atoms with Gasteiger partial charge in [0, 0.05) is 6.61 Å². The van der Waals surface area contributed by atoms with Crippen LogP contribution in [0.15, 0.2) is 164 Å². The molecule has 6 heteroatoms. The van der Waals surface area contributed by atoms with Gasteiger partial charge in [0.1, 0.15) is 30.0 Å². The highest BCUT2D eigenvalue weighted by molar-refractivity contribution is 5.47. The summed E-state index contributed by atoms with van der Waals surface area (Å²) in [6.07, 6.45) is -1.32. The maximum Gasteiger partial charge on any atom is 0.186 e. The van der Waals surface area contributed by atoms with Crippen LogP contribution < -0.4 is 0 Å². The molecule has 0 unspecified atom stereocenters. The van der Waals surface area contributed by atoms with Crippen molar-refractivity contribution in [1.29, 1.82) is 0 Å². The fourth-order valence-corrected chi connectivity index (χ4v) is 6.57. The summed E-state index contributed by atoms with van der Waals surface area (Å²) in [5.74, 6) is 0. The maximum absolute atomic E-state index is 7.29. The van der Waals surface area contributed by atoms with Crippen LogP contribution in [0, 0.1) is 0 Å². The quantitative estimate of drug-likeness (QED) is 0.0731. The number of ether oxygens (including phenoxy) is 6. The van der Waals surface area contributed by atoms with Crippen LogP contribution in [-0.4, -0.2) is 50.5 Å². The molecule has 5 aromatic rings. The molecule has 258 valence electrons. The Hall–Kier alpha value is -4.40. The van der Waals surface area contributed by atoms with Crippen molar-refractivity contribution in [2.24, 2.45) is 0 Å². The lowest BCUT2D eigenvalue weighted by Crippen LogP contribution is -2.62. The summed E-state index contributed by atoms with van der Waals surface area (Å²) in [5.41, 5.74) is 4.13. The van der Waals surface area contributed by atoms with E-state index in [1.807, 2.05) is 110 Å². The van der Waals surface area contributed by atoms with E-state index < -0.39 is 36.3 Å². The lowest BCUT2D eigenvalue weighted by atomic mass is 9.80. The van der Waals surface area contributed by atoms with Gasteiger partial charge >= 0.3 is 0 Å². The summed E-state index contributed by atoms with van der Waals surface area (Å²) in [6.45, 7) is 7.44. The summed E-state index contributed by atoms with van der Waals surface area (Å²) < 4.78 is 40.3. The monoisotopic (exact) mass is 670 g/mol. The zero-order chi connectivity index (χ0) is 34.4. The summed E-state index contributed by atoms with van der Waals surface area (Å²) in [7, 11) is 0. The van der Waals surface area contributed by atoms with Crippen LogP contribution in [0.5, 0.6) is 0 Å². The van der Waals surface area contributed by atoms with E-state index in [1.165, 1.54) is 0 Å². The zero-order valence-electron chi connectivity index (χ0n) is 28.6. The van der Waals surface area contributed by atoms with Crippen LogP contribution in [0.4, 0.5) is 0 Å². The van der Waals surface area contributed by atoms with E-state index in [1.54, 1.807) is 6.08 Å². The minimum absolute atomic E-state index is 0.168. The third kappa shape index (κ3) is 8.48. The van der Waals surface area contributed by atoms with Gasteiger partial charge in [-0.2, -0.15) is 0 Å². The first-order valence-electron chi connectivity index (χ1n) is 17.3. The SMILES string of the molecule is C=CCO[C@H]1[C@@H](OCC)O[C@H](COC(c2ccccc2)(c2ccccc2)c2ccccc2)[C@H](OCc2ccccc2)[C@@H]1OCc1ccccc1. The number of hydrogen-bond donors (Lipinski definition) is 0. The maximum atomic E-state index is 7.29. The number of rotatable bonds is 17. The highest BCUT2D eigenvalue weighted by Gasteiger charge is 2.50. The van der Waals surface area contributed by atoms with E-state index in [4.69, 9.17) is 28.4 Å². The summed E-state index contributed by atoms with van der Waals surface area (Å²) in [5, 5.41) is 0. The van der Waals surface area contributed by atoms with Gasteiger partial charge < -0.3 is 28.4 Å². The van der Waals surface area contributed by atoms with E-state index in [2.05, 4.69) is 55.1 Å². The third-order valence-electron chi connectivity index (χ3n) is 8.90. The molecule has 0 saturated carbocycles. The number of hydrogen-bond acceptors (Lipinski definition) is 6. The Kier molecular flexibility index (Phi) is 12.8. The Bertz CT molecular complexity index is 1590. The first kappa shape index (κ1) is 35.4. The molecular formula is C44H46O6. The first-order chi connectivity index (χ1) is 24.7. The lowest BCUT2D eigenvalue weighted by molar-refractivity contribution is -0.326. The Balaban J connectivity index is 1.41. The minimum Gasteiger partial charge on any atom is -0.368 e. The molecule has 1 saturated heterocycles. The standard InChI is InChI=1S/C44H46O6/c1-3-30-46-42-41(48-32-35-22-12-6-13-23-35)40(47-31-34-20-10-5-11-21-34)39(50-43(42)45-4-2)33-49-44(36-24-14-7-15-25-36,37-26-16-8-17-27-37)38-28-18-9-19-29-38/h3,5-29,39-43H,1,4,30-33H2,2H3/t39-,40+,41+,42-,43+/m1/s1. The van der Waals surface area contributed by atoms with Crippen molar-refractivity contribution < 1.29 is 28.4 Å². The van der Waals surface area contributed by atoms with Gasteiger partial charge in [-0.15, -0.1) is 6.58 Å². The van der Waals surface area contributed by atoms with Crippen molar-refractivity contribution in [3.8, 4) is 0 Å². The molecule has 0 aliphatic carbocycles. The molecule has 50 heavy (non-hydrogen) atoms. The van der Waals surface area contributed by atoms with Gasteiger partial charge in [-0.25, -0.2) is 0 Å². The Morgan fingerprint density at radius 2 is 1.00 bits per heavy atom. The molecule has 0 N–H and O–H groups in total. The second-order valence-corrected chi connectivity index (χ2v) is 12.2. The average molecular weight is 671 g/mol. The summed E-state index contributed by atoms with van der Waals surface area (Å²) in [6, 6.07) is 51.2. The highest BCUT2D eigenvalue weighted by atomic mass is 16.7. The summed E-state index contributed by atoms with van der Waals surface area (Å²) >= 11 is 0. The van der Waals surface area contributed by atoms with Crippen LogP contribution in [-0.2, 0) is 47.2 Å². The second-order valence-electron chi connectivity index (χ2n) is 12.2. The predicted octanol–water partition coefficient (Wildman–Crippen LogP) is 8.50. The lowest BCUT2D eigenvalue weighted by Gasteiger charge is -2.46. The van der Waals surface area contributed by atoms with Gasteiger partial charge in [0.15, 0.2) is 6.29 Å². The molecule has 1 aliphatic heterocycles. The molecule has 0 radical (unpaired) electrons. The van der Waals surface area contributed by atoms with E-state index in [9.17, 15) is 0 Å². The van der Waals surface area contributed by atoms with E-state index in [-0.39, 0.29) is 6.61 Å². The Morgan fingerprint density at radius 3 is 1.44 bits per heavy atom. The zero-order valence-corrected chi connectivity index (χ0v) is 28.6. The molecular weight excluding hydrogens is 624 g/mol. The molecule has 1 aliphatic rings. The molecule has 6 rings (SSSR count). The van der Waals surface area contributed by atoms with Gasteiger partial charge in [-0.1, -0.05) is 158 Å². The van der Waals surface area contributed by atoms with Crippen molar-refractivity contribution in [1.82, 2.24) is 0 Å². The fraction of sp³-hybridized carbons (Fsp3) is 0.273. The largest absolute Gasteiger partial charge is 0.368 e. The normalized spacial score (nSPS) is 20.7. The van der Waals surface area contributed by atoms with Gasteiger partial charge in [0.05, 0.1) is 26.4 Å². The van der Waals surface area contributed by atoms with Crippen molar-refractivity contribution in [3.63, 3.8) is 0 Å². The fourth-order valence-electron chi connectivity index (χ4n) is 6.57. The van der Waals surface area contributed by atoms with Crippen LogP contribution in [0.2, 0.25) is 0 Å². The van der Waals surface area contributed by atoms with Crippen LogP contribution in [0.3, 0.4) is 0 Å². The van der Waals surface area contributed by atoms with Crippen molar-refractivity contribution in [2.45, 2.75) is 56.4 Å². The molecule has 0 amide bonds. The van der Waals surface area contributed by atoms with Gasteiger partial charge in [-0.3, -0.25) is 0 Å². The molecule has 6 nitrogen and oxygen atoms in total. The minimum atomic E-state index is -0.950. The van der Waals surface area contributed by atoms with E-state index >= 15 is 0 Å². The van der Waals surface area contributed by atoms with E-state index in [0.29, 0.717) is 26.4 Å². The van der Waals surface area contributed by atoms with Crippen molar-refractivity contribution in [2.75, 3.05) is 19.8 Å². The number of benzene rings is 5. The highest BCUT2D eigenvalue weighted by Crippen LogP contribution is 2.41. The van der Waals surface area contributed by atoms with E-state index in [0.717, 1.165) is 27.8 Å². The molecule has 5 atom stereocenters. The van der Waals surface area contributed by atoms with Crippen molar-refractivity contribution in [3.05, 3.63) is 192 Å². The molecule has 0 bridgehead atoms. The van der Waals surface area contributed by atoms with Crippen LogP contribution >= 0.6 is 0 Å². The van der Waals surface area contributed by atoms with Gasteiger partial charge in [0.25, 0.3) is 0 Å². The van der Waals surface area contributed by atoms with Crippen LogP contribution in [0.25, 0.3) is 0 Å². The van der Waals surface area contributed by atoms with Crippen molar-refractivity contribution >= 4 is 0 Å². The predicted molar refractivity (Wildman–Crippen MR) is 195 cm³/mol. The molecule has 0 aromatic heterocycles. The molecule has 1 heterocycles. The third-order valence-corrected chi connectivity index (χ3v) is 8.90. The Labute approximate surface area is 296 Å². The van der Waals surface area contributed by atoms with Gasteiger partial charge in [0.2, 0.25) is 0 Å². The Morgan fingerprint density at radius 1 is 0.560 bits per heavy atom. The first-order valence-corrected chi connectivity index (χ1v) is 17.3. The summed E-state index contributed by atoms with van der Waals surface area (Å²) in [4.78, 5) is 0. The second kappa shape index (κ2) is 18.0. The molecule has 0 spiro atoms. The smallest absolute Gasteiger partial charge is 0.186 e. The van der Waals surface area contributed by atoms with Gasteiger partial charge in [-0.05, 0) is 34.7 Å². The topological polar surface area (TPSA) is 55.4 Å². The molecule has 1 fully saturated rings. The molecule has 5 aromatic carbocycles.